The minimum atomic E-state index is 0.500. The van der Waals surface area contributed by atoms with E-state index in [9.17, 15) is 0 Å². The van der Waals surface area contributed by atoms with Crippen LogP contribution in [0.25, 0.3) is 0 Å². The summed E-state index contributed by atoms with van der Waals surface area (Å²) in [6.07, 6.45) is 0. The maximum absolute atomic E-state index is 4.03. The molecule has 1 aromatic heterocycles. The van der Waals surface area contributed by atoms with Crippen molar-refractivity contribution in [2.75, 3.05) is 0 Å². The highest BCUT2D eigenvalue weighted by molar-refractivity contribution is 7.09. The Morgan fingerprint density at radius 2 is 1.58 bits per heavy atom. The largest absolute Gasteiger partial charge is 0.250 e. The zero-order chi connectivity index (χ0) is 9.78. The molecular formula is C10H19NS. The number of aryl methyl sites for hydroxylation is 2. The van der Waals surface area contributed by atoms with Crippen molar-refractivity contribution in [1.82, 2.24) is 4.98 Å². The van der Waals surface area contributed by atoms with Crippen molar-refractivity contribution in [2.45, 2.75) is 41.5 Å². The summed E-state index contributed by atoms with van der Waals surface area (Å²) >= 11 is 1.69. The number of rotatable bonds is 0. The van der Waals surface area contributed by atoms with Crippen LogP contribution in [0.4, 0.5) is 0 Å². The highest BCUT2D eigenvalue weighted by Crippen LogP contribution is 2.08. The molecule has 0 N–H and O–H groups in total. The van der Waals surface area contributed by atoms with Gasteiger partial charge in [0.25, 0.3) is 0 Å². The van der Waals surface area contributed by atoms with Gasteiger partial charge in [-0.2, -0.15) is 0 Å². The van der Waals surface area contributed by atoms with Crippen LogP contribution in [0.2, 0.25) is 0 Å². The minimum Gasteiger partial charge on any atom is -0.250 e. The summed E-state index contributed by atoms with van der Waals surface area (Å²) in [5.41, 5.74) is 3.52. The molecule has 0 saturated carbocycles. The lowest BCUT2D eigenvalue weighted by Crippen LogP contribution is -1.93. The van der Waals surface area contributed by atoms with E-state index in [1.165, 1.54) is 4.88 Å². The summed E-state index contributed by atoms with van der Waals surface area (Å²) in [5, 5.41) is 0. The molecule has 1 nitrogen and oxygen atoms in total. The van der Waals surface area contributed by atoms with E-state index < -0.39 is 0 Å². The third kappa shape index (κ3) is 7.73. The van der Waals surface area contributed by atoms with E-state index in [0.29, 0.717) is 5.41 Å². The molecule has 0 aliphatic heterocycles. The van der Waals surface area contributed by atoms with Gasteiger partial charge in [0.05, 0.1) is 11.2 Å². The van der Waals surface area contributed by atoms with Crippen molar-refractivity contribution in [2.24, 2.45) is 5.41 Å². The van der Waals surface area contributed by atoms with E-state index in [4.69, 9.17) is 0 Å². The quantitative estimate of drug-likeness (QED) is 0.599. The molecular weight excluding hydrogens is 166 g/mol. The molecule has 0 aliphatic carbocycles. The lowest BCUT2D eigenvalue weighted by atomic mass is 10.0. The Labute approximate surface area is 79.9 Å². The first kappa shape index (κ1) is 11.6. The van der Waals surface area contributed by atoms with Crippen LogP contribution in [0.1, 0.15) is 38.3 Å². The van der Waals surface area contributed by atoms with Crippen LogP contribution < -0.4 is 0 Å². The molecule has 0 spiro atoms. The van der Waals surface area contributed by atoms with Gasteiger partial charge in [-0.15, -0.1) is 11.3 Å². The SMILES string of the molecule is CC(C)(C)C.Cc1ncsc1C. The lowest BCUT2D eigenvalue weighted by Gasteiger charge is -2.05. The first-order valence-electron chi connectivity index (χ1n) is 4.17. The number of thiazole rings is 1. The molecule has 0 bridgehead atoms. The van der Waals surface area contributed by atoms with Crippen LogP contribution in [-0.4, -0.2) is 4.98 Å². The first-order valence-corrected chi connectivity index (χ1v) is 5.05. The molecule has 0 aliphatic rings. The van der Waals surface area contributed by atoms with Gasteiger partial charge in [0.15, 0.2) is 0 Å². The zero-order valence-corrected chi connectivity index (χ0v) is 9.75. The summed E-state index contributed by atoms with van der Waals surface area (Å²) in [5.74, 6) is 0. The van der Waals surface area contributed by atoms with E-state index >= 15 is 0 Å². The molecule has 0 radical (unpaired) electrons. The highest BCUT2D eigenvalue weighted by atomic mass is 32.1. The maximum Gasteiger partial charge on any atom is 0.0797 e. The van der Waals surface area contributed by atoms with E-state index in [1.807, 2.05) is 12.4 Å². The summed E-state index contributed by atoms with van der Waals surface area (Å²) in [6, 6.07) is 0. The Kier molecular flexibility index (Phi) is 4.46. The Morgan fingerprint density at radius 3 is 1.67 bits per heavy atom. The van der Waals surface area contributed by atoms with Gasteiger partial charge in [0.1, 0.15) is 0 Å². The standard InChI is InChI=1S/C5H7NS.C5H12/c1-4-5(2)7-3-6-4;1-5(2,3)4/h3H,1-2H3;1-4H3. The molecule has 0 unspecified atom stereocenters. The Hall–Kier alpha value is -0.370. The van der Waals surface area contributed by atoms with Crippen molar-refractivity contribution in [3.8, 4) is 0 Å². The van der Waals surface area contributed by atoms with Crippen molar-refractivity contribution >= 4 is 11.3 Å². The van der Waals surface area contributed by atoms with Crippen molar-refractivity contribution < 1.29 is 0 Å². The molecule has 1 heterocycles. The average Bonchev–Trinajstić information content (AvgIpc) is 2.12. The van der Waals surface area contributed by atoms with Crippen LogP contribution in [0.5, 0.6) is 0 Å². The van der Waals surface area contributed by atoms with Crippen LogP contribution in [0.15, 0.2) is 5.51 Å². The summed E-state index contributed by atoms with van der Waals surface area (Å²) in [7, 11) is 0. The second kappa shape index (κ2) is 4.61. The average molecular weight is 185 g/mol. The van der Waals surface area contributed by atoms with Crippen molar-refractivity contribution in [3.05, 3.63) is 16.1 Å². The van der Waals surface area contributed by atoms with E-state index in [0.717, 1.165) is 5.69 Å². The predicted octanol–water partition coefficient (Wildman–Crippen LogP) is 3.81. The van der Waals surface area contributed by atoms with Crippen molar-refractivity contribution in [1.29, 1.82) is 0 Å². The minimum absolute atomic E-state index is 0.500. The molecule has 1 aromatic rings. The predicted molar refractivity (Wildman–Crippen MR) is 56.7 cm³/mol. The normalized spacial score (nSPS) is 10.5. The molecule has 0 fully saturated rings. The summed E-state index contributed by atoms with van der Waals surface area (Å²) < 4.78 is 0. The van der Waals surface area contributed by atoms with Crippen LogP contribution in [-0.2, 0) is 0 Å². The van der Waals surface area contributed by atoms with Crippen LogP contribution in [0.3, 0.4) is 0 Å². The Balaban J connectivity index is 0.000000217. The third-order valence-electron chi connectivity index (χ3n) is 0.985. The molecule has 12 heavy (non-hydrogen) atoms. The van der Waals surface area contributed by atoms with Gasteiger partial charge in [-0.05, 0) is 19.3 Å². The number of hydrogen-bond donors (Lipinski definition) is 0. The van der Waals surface area contributed by atoms with Gasteiger partial charge in [-0.1, -0.05) is 27.7 Å². The highest BCUT2D eigenvalue weighted by Gasteiger charge is 1.95. The summed E-state index contributed by atoms with van der Waals surface area (Å²) in [6.45, 7) is 12.8. The topological polar surface area (TPSA) is 12.9 Å². The second-order valence-electron chi connectivity index (χ2n) is 4.49. The maximum atomic E-state index is 4.03. The molecule has 0 aromatic carbocycles. The first-order chi connectivity index (χ1) is 5.30. The molecule has 0 atom stereocenters. The lowest BCUT2D eigenvalue weighted by molar-refractivity contribution is 0.469. The van der Waals surface area contributed by atoms with Gasteiger partial charge in [-0.25, -0.2) is 4.98 Å². The number of aromatic nitrogens is 1. The summed E-state index contributed by atoms with van der Waals surface area (Å²) in [4.78, 5) is 5.35. The fourth-order valence-electron chi connectivity index (χ4n) is 0.361. The van der Waals surface area contributed by atoms with Gasteiger partial charge >= 0.3 is 0 Å². The zero-order valence-electron chi connectivity index (χ0n) is 8.93. The molecule has 0 amide bonds. The molecule has 70 valence electrons. The van der Waals surface area contributed by atoms with E-state index in [2.05, 4.69) is 39.6 Å². The smallest absolute Gasteiger partial charge is 0.0797 e. The second-order valence-corrected chi connectivity index (χ2v) is 5.55. The third-order valence-corrected chi connectivity index (χ3v) is 1.85. The fraction of sp³-hybridized carbons (Fsp3) is 0.700. The van der Waals surface area contributed by atoms with Crippen LogP contribution >= 0.6 is 11.3 Å². The van der Waals surface area contributed by atoms with E-state index in [1.54, 1.807) is 11.3 Å². The van der Waals surface area contributed by atoms with Gasteiger partial charge in [0.2, 0.25) is 0 Å². The monoisotopic (exact) mass is 185 g/mol. The van der Waals surface area contributed by atoms with Gasteiger partial charge in [0, 0.05) is 4.88 Å². The number of nitrogens with zero attached hydrogens (tertiary/aromatic N) is 1. The Morgan fingerprint density at radius 1 is 1.17 bits per heavy atom. The molecule has 2 heteroatoms. The van der Waals surface area contributed by atoms with Crippen molar-refractivity contribution in [3.63, 3.8) is 0 Å². The molecule has 0 saturated heterocycles. The van der Waals surface area contributed by atoms with Gasteiger partial charge in [-0.3, -0.25) is 0 Å². The van der Waals surface area contributed by atoms with Gasteiger partial charge < -0.3 is 0 Å². The fourth-order valence-corrected chi connectivity index (χ4v) is 0.953. The molecule has 1 rings (SSSR count). The number of hydrogen-bond acceptors (Lipinski definition) is 2. The van der Waals surface area contributed by atoms with Crippen LogP contribution in [0, 0.1) is 19.3 Å². The van der Waals surface area contributed by atoms with E-state index in [-0.39, 0.29) is 0 Å². The Bertz CT molecular complexity index is 197.